The second-order valence-electron chi connectivity index (χ2n) is 3.72. The van der Waals surface area contributed by atoms with Crippen LogP contribution in [-0.4, -0.2) is 26.1 Å². The maximum Gasteiger partial charge on any atom is 0.336 e. The molecule has 2 rings (SSSR count). The number of hydrogen-bond acceptors (Lipinski definition) is 3. The molecule has 7 heteroatoms. The average Bonchev–Trinajstić information content (AvgIpc) is 2.54. The number of aromatic nitrogens is 2. The zero-order valence-electron chi connectivity index (χ0n) is 9.38. The fourth-order valence-electron chi connectivity index (χ4n) is 1.84. The zero-order chi connectivity index (χ0) is 13.4. The summed E-state index contributed by atoms with van der Waals surface area (Å²) in [5, 5.41) is 8.80. The Morgan fingerprint density at radius 3 is 2.61 bits per heavy atom. The van der Waals surface area contributed by atoms with E-state index in [2.05, 4.69) is 15.9 Å². The molecule has 0 aliphatic heterocycles. The summed E-state index contributed by atoms with van der Waals surface area (Å²) in [4.78, 5) is 34.3. The quantitative estimate of drug-likeness (QED) is 0.906. The predicted octanol–water partition coefficient (Wildman–Crippen LogP) is 1.31. The molecule has 0 aliphatic carbocycles. The van der Waals surface area contributed by atoms with Crippen molar-refractivity contribution in [2.24, 2.45) is 0 Å². The minimum Gasteiger partial charge on any atom is -0.480 e. The summed E-state index contributed by atoms with van der Waals surface area (Å²) in [5.41, 5.74) is 0.148. The van der Waals surface area contributed by atoms with Crippen LogP contribution in [0.25, 0.3) is 11.0 Å². The monoisotopic (exact) mass is 312 g/mol. The molecular weight excluding hydrogens is 304 g/mol. The van der Waals surface area contributed by atoms with E-state index in [1.807, 2.05) is 0 Å². The number of carboxylic acid groups (broad SMARTS) is 1. The van der Waals surface area contributed by atoms with Crippen molar-refractivity contribution in [1.82, 2.24) is 9.13 Å². The highest BCUT2D eigenvalue weighted by atomic mass is 79.9. The highest BCUT2D eigenvalue weighted by molar-refractivity contribution is 9.10. The van der Waals surface area contributed by atoms with Gasteiger partial charge in [-0.25, -0.2) is 9.36 Å². The van der Waals surface area contributed by atoms with Gasteiger partial charge in [0, 0.05) is 11.4 Å². The molecule has 0 radical (unpaired) electrons. The van der Waals surface area contributed by atoms with E-state index < -0.39 is 24.1 Å². The maximum atomic E-state index is 12.0. The van der Waals surface area contributed by atoms with E-state index in [-0.39, 0.29) is 0 Å². The molecule has 0 amide bonds. The van der Waals surface area contributed by atoms with Crippen LogP contribution in [0.1, 0.15) is 11.7 Å². The molecule has 1 heterocycles. The number of halogens is 1. The van der Waals surface area contributed by atoms with Crippen molar-refractivity contribution < 1.29 is 14.7 Å². The van der Waals surface area contributed by atoms with Gasteiger partial charge in [0.15, 0.2) is 0 Å². The van der Waals surface area contributed by atoms with Crippen molar-refractivity contribution in [2.45, 2.75) is 13.5 Å². The van der Waals surface area contributed by atoms with E-state index in [0.29, 0.717) is 15.5 Å². The molecule has 94 valence electrons. The molecule has 18 heavy (non-hydrogen) atoms. The third-order valence-electron chi connectivity index (χ3n) is 2.51. The summed E-state index contributed by atoms with van der Waals surface area (Å²) < 4.78 is 2.59. The molecule has 0 aliphatic rings. The van der Waals surface area contributed by atoms with Crippen LogP contribution in [0, 0.1) is 0 Å². The Balaban J connectivity index is 2.92. The van der Waals surface area contributed by atoms with E-state index in [9.17, 15) is 14.4 Å². The van der Waals surface area contributed by atoms with Crippen molar-refractivity contribution in [2.75, 3.05) is 0 Å². The van der Waals surface area contributed by atoms with Gasteiger partial charge in [0.2, 0.25) is 5.91 Å². The van der Waals surface area contributed by atoms with Gasteiger partial charge in [-0.3, -0.25) is 14.2 Å². The fourth-order valence-corrected chi connectivity index (χ4v) is 2.38. The summed E-state index contributed by atoms with van der Waals surface area (Å²) in [6, 6.07) is 4.96. The number of imidazole rings is 1. The van der Waals surface area contributed by atoms with Crippen molar-refractivity contribution in [1.29, 1.82) is 0 Å². The van der Waals surface area contributed by atoms with Crippen molar-refractivity contribution in [3.05, 3.63) is 33.2 Å². The van der Waals surface area contributed by atoms with Crippen LogP contribution in [-0.2, 0) is 11.3 Å². The van der Waals surface area contributed by atoms with Crippen LogP contribution < -0.4 is 5.69 Å². The van der Waals surface area contributed by atoms with Gasteiger partial charge in [0.1, 0.15) is 6.54 Å². The van der Waals surface area contributed by atoms with Crippen LogP contribution in [0.2, 0.25) is 0 Å². The molecular formula is C11H9BrN2O4. The van der Waals surface area contributed by atoms with Gasteiger partial charge < -0.3 is 5.11 Å². The summed E-state index contributed by atoms with van der Waals surface area (Å²) >= 11 is 3.26. The Labute approximate surface area is 110 Å². The lowest BCUT2D eigenvalue weighted by Gasteiger charge is -1.99. The number of para-hydroxylation sites is 1. The van der Waals surface area contributed by atoms with Gasteiger partial charge >= 0.3 is 11.7 Å². The molecule has 0 saturated heterocycles. The molecule has 2 aromatic rings. The van der Waals surface area contributed by atoms with Gasteiger partial charge in [-0.05, 0) is 28.1 Å². The zero-order valence-corrected chi connectivity index (χ0v) is 11.0. The largest absolute Gasteiger partial charge is 0.480 e. The fraction of sp³-hybridized carbons (Fsp3) is 0.182. The predicted molar refractivity (Wildman–Crippen MR) is 67.8 cm³/mol. The molecule has 6 nitrogen and oxygen atoms in total. The van der Waals surface area contributed by atoms with Crippen LogP contribution in [0.3, 0.4) is 0 Å². The summed E-state index contributed by atoms with van der Waals surface area (Å²) in [7, 11) is 0. The smallest absolute Gasteiger partial charge is 0.336 e. The first-order valence-corrected chi connectivity index (χ1v) is 5.85. The molecule has 1 N–H and O–H groups in total. The van der Waals surface area contributed by atoms with Crippen LogP contribution in [0.15, 0.2) is 27.5 Å². The number of benzene rings is 1. The lowest BCUT2D eigenvalue weighted by Crippen LogP contribution is -2.29. The number of fused-ring (bicyclic) bond motifs is 1. The standard InChI is InChI=1S/C11H9BrN2O4/c1-6(15)14-10-7(12)3-2-4-8(10)13(11(14)18)5-9(16)17/h2-4H,5H2,1H3,(H,16,17). The third kappa shape index (κ3) is 1.86. The number of aliphatic carboxylic acids is 1. The maximum absolute atomic E-state index is 12.0. The van der Waals surface area contributed by atoms with E-state index in [1.165, 1.54) is 6.92 Å². The number of carbonyl (C=O) groups excluding carboxylic acids is 1. The van der Waals surface area contributed by atoms with Gasteiger partial charge in [0.25, 0.3) is 0 Å². The second-order valence-corrected chi connectivity index (χ2v) is 4.58. The lowest BCUT2D eigenvalue weighted by molar-refractivity contribution is -0.137. The number of nitrogens with zero attached hydrogens (tertiary/aromatic N) is 2. The van der Waals surface area contributed by atoms with Crippen LogP contribution in [0.4, 0.5) is 0 Å². The van der Waals surface area contributed by atoms with Crippen molar-refractivity contribution >= 4 is 38.8 Å². The summed E-state index contributed by atoms with van der Waals surface area (Å²) in [6.07, 6.45) is 0. The molecule has 0 saturated carbocycles. The second kappa shape index (κ2) is 4.41. The molecule has 0 bridgehead atoms. The highest BCUT2D eigenvalue weighted by Crippen LogP contribution is 2.23. The first-order chi connectivity index (χ1) is 8.43. The van der Waals surface area contributed by atoms with E-state index in [4.69, 9.17) is 5.11 Å². The first kappa shape index (κ1) is 12.6. The minimum absolute atomic E-state index is 0.385. The summed E-state index contributed by atoms with van der Waals surface area (Å²) in [6.45, 7) is 0.775. The van der Waals surface area contributed by atoms with Crippen LogP contribution >= 0.6 is 15.9 Å². The molecule has 1 aromatic heterocycles. The van der Waals surface area contributed by atoms with Crippen LogP contribution in [0.5, 0.6) is 0 Å². The molecule has 0 unspecified atom stereocenters. The van der Waals surface area contributed by atoms with Gasteiger partial charge in [-0.15, -0.1) is 0 Å². The van der Waals surface area contributed by atoms with Gasteiger partial charge in [-0.2, -0.15) is 0 Å². The Morgan fingerprint density at radius 1 is 1.39 bits per heavy atom. The van der Waals surface area contributed by atoms with Crippen molar-refractivity contribution in [3.63, 3.8) is 0 Å². The Kier molecular flexibility index (Phi) is 3.08. The molecule has 0 spiro atoms. The number of rotatable bonds is 2. The Morgan fingerprint density at radius 2 is 2.06 bits per heavy atom. The molecule has 1 aromatic carbocycles. The highest BCUT2D eigenvalue weighted by Gasteiger charge is 2.19. The minimum atomic E-state index is -1.14. The van der Waals surface area contributed by atoms with E-state index in [1.54, 1.807) is 18.2 Å². The molecule has 0 fully saturated rings. The Bertz CT molecular complexity index is 714. The number of carbonyl (C=O) groups is 2. The number of carboxylic acids is 1. The first-order valence-electron chi connectivity index (χ1n) is 5.06. The Hall–Kier alpha value is -1.89. The lowest BCUT2D eigenvalue weighted by atomic mass is 10.3. The van der Waals surface area contributed by atoms with Crippen molar-refractivity contribution in [3.8, 4) is 0 Å². The number of hydrogen-bond donors (Lipinski definition) is 1. The topological polar surface area (TPSA) is 81.3 Å². The average molecular weight is 313 g/mol. The summed E-state index contributed by atoms with van der Waals surface area (Å²) in [5.74, 6) is -1.60. The van der Waals surface area contributed by atoms with E-state index in [0.717, 1.165) is 9.13 Å². The third-order valence-corrected chi connectivity index (χ3v) is 3.15. The molecule has 0 atom stereocenters. The SMILES string of the molecule is CC(=O)n1c(=O)n(CC(=O)O)c2cccc(Br)c21. The van der Waals surface area contributed by atoms with E-state index >= 15 is 0 Å². The van der Waals surface area contributed by atoms with Gasteiger partial charge in [0.05, 0.1) is 11.0 Å². The normalized spacial score (nSPS) is 10.8. The van der Waals surface area contributed by atoms with Gasteiger partial charge in [-0.1, -0.05) is 6.07 Å².